The molecule has 1 aliphatic carbocycles. The predicted octanol–water partition coefficient (Wildman–Crippen LogP) is 4.22. The van der Waals surface area contributed by atoms with E-state index in [-0.39, 0.29) is 0 Å². The molecule has 1 aliphatic rings. The van der Waals surface area contributed by atoms with E-state index in [2.05, 4.69) is 17.4 Å². The van der Waals surface area contributed by atoms with Crippen molar-refractivity contribution in [3.63, 3.8) is 0 Å². The summed E-state index contributed by atoms with van der Waals surface area (Å²) < 4.78 is 5.44. The van der Waals surface area contributed by atoms with Crippen LogP contribution in [0.15, 0.2) is 24.3 Å². The summed E-state index contributed by atoms with van der Waals surface area (Å²) in [5.41, 5.74) is 1.22. The molecule has 17 heavy (non-hydrogen) atoms. The minimum absolute atomic E-state index is 0.662. The van der Waals surface area contributed by atoms with Gasteiger partial charge in [0, 0.05) is 11.7 Å². The largest absolute Gasteiger partial charge is 0.494 e. The molecule has 0 saturated heterocycles. The Kier molecular flexibility index (Phi) is 4.72. The van der Waals surface area contributed by atoms with Crippen LogP contribution in [0.25, 0.3) is 0 Å². The molecule has 1 N–H and O–H groups in total. The van der Waals surface area contributed by atoms with Gasteiger partial charge in [-0.25, -0.2) is 0 Å². The summed E-state index contributed by atoms with van der Waals surface area (Å²) in [5.74, 6) is 0.957. The lowest BCUT2D eigenvalue weighted by molar-refractivity contribution is 0.340. The van der Waals surface area contributed by atoms with Crippen molar-refractivity contribution in [3.8, 4) is 5.75 Å². The summed E-state index contributed by atoms with van der Waals surface area (Å²) in [6.07, 6.45) is 8.17. The van der Waals surface area contributed by atoms with Crippen molar-refractivity contribution >= 4 is 5.69 Å². The van der Waals surface area contributed by atoms with Gasteiger partial charge in [0.15, 0.2) is 0 Å². The van der Waals surface area contributed by atoms with Crippen molar-refractivity contribution in [1.29, 1.82) is 0 Å². The molecule has 2 nitrogen and oxygen atoms in total. The Balaban J connectivity index is 1.88. The maximum absolute atomic E-state index is 5.44. The summed E-state index contributed by atoms with van der Waals surface area (Å²) in [6, 6.07) is 8.99. The maximum Gasteiger partial charge on any atom is 0.119 e. The summed E-state index contributed by atoms with van der Waals surface area (Å²) in [4.78, 5) is 0. The Morgan fingerprint density at radius 2 is 1.71 bits per heavy atom. The van der Waals surface area contributed by atoms with Crippen LogP contribution in [0.5, 0.6) is 5.75 Å². The quantitative estimate of drug-likeness (QED) is 0.786. The Hall–Kier alpha value is -1.18. The number of benzene rings is 1. The highest BCUT2D eigenvalue weighted by molar-refractivity contribution is 5.47. The van der Waals surface area contributed by atoms with Crippen LogP contribution in [0.4, 0.5) is 5.69 Å². The first kappa shape index (κ1) is 12.3. The third-order valence-corrected chi connectivity index (χ3v) is 3.39. The molecular weight excluding hydrogens is 210 g/mol. The van der Waals surface area contributed by atoms with E-state index in [9.17, 15) is 0 Å². The number of anilines is 1. The fourth-order valence-corrected chi connectivity index (χ4v) is 2.47. The predicted molar refractivity (Wildman–Crippen MR) is 72.7 cm³/mol. The van der Waals surface area contributed by atoms with Gasteiger partial charge in [0.25, 0.3) is 0 Å². The molecule has 2 rings (SSSR count). The van der Waals surface area contributed by atoms with Crippen LogP contribution in [-0.4, -0.2) is 12.6 Å². The maximum atomic E-state index is 5.44. The highest BCUT2D eigenvalue weighted by Crippen LogP contribution is 2.22. The van der Waals surface area contributed by atoms with Crippen LogP contribution in [0.1, 0.15) is 45.4 Å². The van der Waals surface area contributed by atoms with Crippen LogP contribution in [-0.2, 0) is 0 Å². The molecule has 0 aromatic heterocycles. The molecule has 2 heteroatoms. The minimum atomic E-state index is 0.662. The van der Waals surface area contributed by atoms with E-state index in [4.69, 9.17) is 4.74 Å². The Labute approximate surface area is 104 Å². The third-order valence-electron chi connectivity index (χ3n) is 3.39. The van der Waals surface area contributed by atoms with Crippen molar-refractivity contribution in [3.05, 3.63) is 24.3 Å². The van der Waals surface area contributed by atoms with E-state index in [1.54, 1.807) is 0 Å². The van der Waals surface area contributed by atoms with Crippen molar-refractivity contribution in [2.75, 3.05) is 11.9 Å². The summed E-state index contributed by atoms with van der Waals surface area (Å²) >= 11 is 0. The topological polar surface area (TPSA) is 21.3 Å². The molecule has 1 fully saturated rings. The lowest BCUT2D eigenvalue weighted by Gasteiger charge is -2.17. The molecule has 0 heterocycles. The first-order valence-corrected chi connectivity index (χ1v) is 6.88. The van der Waals surface area contributed by atoms with E-state index in [0.717, 1.165) is 12.4 Å². The van der Waals surface area contributed by atoms with Gasteiger partial charge in [-0.2, -0.15) is 0 Å². The zero-order valence-corrected chi connectivity index (χ0v) is 10.7. The highest BCUT2D eigenvalue weighted by atomic mass is 16.5. The monoisotopic (exact) mass is 233 g/mol. The molecule has 1 aromatic carbocycles. The normalized spacial score (nSPS) is 17.5. The number of hydrogen-bond acceptors (Lipinski definition) is 2. The van der Waals surface area contributed by atoms with Gasteiger partial charge in [-0.3, -0.25) is 0 Å². The average molecular weight is 233 g/mol. The second kappa shape index (κ2) is 6.53. The molecule has 0 radical (unpaired) electrons. The lowest BCUT2D eigenvalue weighted by atomic mass is 10.1. The van der Waals surface area contributed by atoms with Crippen LogP contribution in [0, 0.1) is 0 Å². The van der Waals surface area contributed by atoms with E-state index < -0.39 is 0 Å². The number of rotatable bonds is 4. The van der Waals surface area contributed by atoms with E-state index in [1.165, 1.54) is 44.2 Å². The van der Waals surface area contributed by atoms with E-state index in [1.807, 2.05) is 19.1 Å². The van der Waals surface area contributed by atoms with Gasteiger partial charge in [0.1, 0.15) is 5.75 Å². The fourth-order valence-electron chi connectivity index (χ4n) is 2.47. The van der Waals surface area contributed by atoms with Crippen LogP contribution >= 0.6 is 0 Å². The molecular formula is C15H23NO. The van der Waals surface area contributed by atoms with Crippen molar-refractivity contribution in [2.24, 2.45) is 0 Å². The third kappa shape index (κ3) is 3.95. The van der Waals surface area contributed by atoms with Crippen LogP contribution in [0.3, 0.4) is 0 Å². The van der Waals surface area contributed by atoms with E-state index >= 15 is 0 Å². The van der Waals surface area contributed by atoms with Gasteiger partial charge >= 0.3 is 0 Å². The summed E-state index contributed by atoms with van der Waals surface area (Å²) in [7, 11) is 0. The highest BCUT2D eigenvalue weighted by Gasteiger charge is 2.11. The van der Waals surface area contributed by atoms with Gasteiger partial charge in [-0.05, 0) is 44.0 Å². The fraction of sp³-hybridized carbons (Fsp3) is 0.600. The smallest absolute Gasteiger partial charge is 0.119 e. The van der Waals surface area contributed by atoms with Gasteiger partial charge in [0.05, 0.1) is 6.61 Å². The molecule has 0 spiro atoms. The molecule has 0 unspecified atom stereocenters. The van der Waals surface area contributed by atoms with Crippen molar-refractivity contribution < 1.29 is 4.74 Å². The van der Waals surface area contributed by atoms with Gasteiger partial charge < -0.3 is 10.1 Å². The van der Waals surface area contributed by atoms with Crippen molar-refractivity contribution in [2.45, 2.75) is 51.5 Å². The second-order valence-electron chi connectivity index (χ2n) is 4.79. The average Bonchev–Trinajstić information content (AvgIpc) is 2.61. The lowest BCUT2D eigenvalue weighted by Crippen LogP contribution is -2.18. The molecule has 1 aromatic rings. The zero-order chi connectivity index (χ0) is 11.9. The molecule has 0 aliphatic heterocycles. The number of nitrogens with one attached hydrogen (secondary N) is 1. The van der Waals surface area contributed by atoms with Crippen molar-refractivity contribution in [1.82, 2.24) is 0 Å². The Morgan fingerprint density at radius 3 is 2.29 bits per heavy atom. The molecule has 0 amide bonds. The number of hydrogen-bond donors (Lipinski definition) is 1. The van der Waals surface area contributed by atoms with Gasteiger partial charge in [-0.15, -0.1) is 0 Å². The molecule has 94 valence electrons. The van der Waals surface area contributed by atoms with Gasteiger partial charge in [0.2, 0.25) is 0 Å². The van der Waals surface area contributed by atoms with Crippen LogP contribution in [0.2, 0.25) is 0 Å². The SMILES string of the molecule is CCOc1ccc(NC2CCCCCC2)cc1. The standard InChI is InChI=1S/C15H23NO/c1-2-17-15-11-9-14(10-12-15)16-13-7-5-3-4-6-8-13/h9-13,16H,2-8H2,1H3. The first-order chi connectivity index (χ1) is 8.38. The second-order valence-corrected chi connectivity index (χ2v) is 4.79. The molecule has 0 atom stereocenters. The number of ether oxygens (including phenoxy) is 1. The van der Waals surface area contributed by atoms with Crippen LogP contribution < -0.4 is 10.1 Å². The minimum Gasteiger partial charge on any atom is -0.494 e. The molecule has 1 saturated carbocycles. The zero-order valence-electron chi connectivity index (χ0n) is 10.7. The first-order valence-electron chi connectivity index (χ1n) is 6.88. The van der Waals surface area contributed by atoms with E-state index in [0.29, 0.717) is 6.04 Å². The Morgan fingerprint density at radius 1 is 1.06 bits per heavy atom. The summed E-state index contributed by atoms with van der Waals surface area (Å²) in [6.45, 7) is 2.74. The Bertz CT molecular complexity index is 312. The molecule has 0 bridgehead atoms. The summed E-state index contributed by atoms with van der Waals surface area (Å²) in [5, 5.41) is 3.63. The van der Waals surface area contributed by atoms with Gasteiger partial charge in [-0.1, -0.05) is 25.7 Å².